The Morgan fingerprint density at radius 3 is 2.51 bits per heavy atom. The molecule has 4 heterocycles. The highest BCUT2D eigenvalue weighted by atomic mass is 32.2. The number of ether oxygens (including phenoxy) is 2. The summed E-state index contributed by atoms with van der Waals surface area (Å²) in [5.74, 6) is -0.834. The summed E-state index contributed by atoms with van der Waals surface area (Å²) in [5, 5.41) is 9.81. The molecule has 7 rings (SSSR count). The van der Waals surface area contributed by atoms with Crippen LogP contribution in [0.1, 0.15) is 59.2 Å². The molecular weight excluding hydrogens is 675 g/mol. The smallest absolute Gasteiger partial charge is 0.264 e. The SMILES string of the molecule is O=C1CCC(N2C(=O)c3cccc(NCCOCCOc4ccc(N5CCN(C(=O)CSC6=N[C@@H]7CCCC[C@H]7N6)CC5)cc4)c3C2=O)C(=O)N1. The van der Waals surface area contributed by atoms with E-state index in [2.05, 4.69) is 20.9 Å². The highest BCUT2D eigenvalue weighted by Gasteiger charge is 2.45. The third kappa shape index (κ3) is 7.83. The average molecular weight is 718 g/mol. The Morgan fingerprint density at radius 1 is 0.922 bits per heavy atom. The molecule has 14 nitrogen and oxygen atoms in total. The molecule has 4 aliphatic heterocycles. The number of fused-ring (bicyclic) bond motifs is 2. The van der Waals surface area contributed by atoms with Gasteiger partial charge >= 0.3 is 0 Å². The number of hydrogen-bond donors (Lipinski definition) is 3. The summed E-state index contributed by atoms with van der Waals surface area (Å²) in [4.78, 5) is 73.0. The fraction of sp³-hybridized carbons (Fsp3) is 0.500. The molecule has 270 valence electrons. The Labute approximate surface area is 300 Å². The van der Waals surface area contributed by atoms with E-state index < -0.39 is 29.7 Å². The lowest BCUT2D eigenvalue weighted by molar-refractivity contribution is -0.136. The van der Waals surface area contributed by atoms with Gasteiger partial charge in [0.05, 0.1) is 42.2 Å². The van der Waals surface area contributed by atoms with Crippen LogP contribution in [0.4, 0.5) is 11.4 Å². The maximum absolute atomic E-state index is 13.2. The lowest BCUT2D eigenvalue weighted by Gasteiger charge is -2.36. The molecule has 1 unspecified atom stereocenters. The summed E-state index contributed by atoms with van der Waals surface area (Å²) in [6.07, 6.45) is 4.98. The van der Waals surface area contributed by atoms with E-state index in [9.17, 15) is 24.0 Å². The first-order valence-electron chi connectivity index (χ1n) is 17.7. The van der Waals surface area contributed by atoms with Crippen LogP contribution in [-0.2, 0) is 19.1 Å². The predicted molar refractivity (Wildman–Crippen MR) is 192 cm³/mol. The number of anilines is 2. The van der Waals surface area contributed by atoms with Gasteiger partial charge in [0, 0.05) is 50.5 Å². The fourth-order valence-corrected chi connectivity index (χ4v) is 8.18. The van der Waals surface area contributed by atoms with E-state index in [4.69, 9.17) is 14.5 Å². The van der Waals surface area contributed by atoms with Gasteiger partial charge in [0.2, 0.25) is 17.7 Å². The highest BCUT2D eigenvalue weighted by molar-refractivity contribution is 8.14. The second kappa shape index (κ2) is 15.7. The molecule has 3 fully saturated rings. The predicted octanol–water partition coefficient (Wildman–Crippen LogP) is 2.25. The van der Waals surface area contributed by atoms with Crippen LogP contribution in [0.25, 0.3) is 0 Å². The first kappa shape index (κ1) is 34.8. The lowest BCUT2D eigenvalue weighted by atomic mass is 9.92. The van der Waals surface area contributed by atoms with Crippen molar-refractivity contribution in [2.24, 2.45) is 4.99 Å². The number of nitrogens with one attached hydrogen (secondary N) is 3. The van der Waals surface area contributed by atoms with E-state index in [0.29, 0.717) is 63.0 Å². The quantitative estimate of drug-likeness (QED) is 0.218. The molecule has 51 heavy (non-hydrogen) atoms. The molecule has 0 spiro atoms. The molecule has 2 aromatic rings. The number of rotatable bonds is 12. The molecule has 15 heteroatoms. The zero-order valence-corrected chi connectivity index (χ0v) is 29.3. The number of aliphatic imine (C=N–C) groups is 1. The number of piperidine rings is 1. The van der Waals surface area contributed by atoms with Gasteiger partial charge in [0.1, 0.15) is 18.4 Å². The van der Waals surface area contributed by atoms with Gasteiger partial charge in [0.25, 0.3) is 11.8 Å². The number of thioether (sulfide) groups is 1. The van der Waals surface area contributed by atoms with Gasteiger partial charge in [0.15, 0.2) is 5.17 Å². The third-order valence-electron chi connectivity index (χ3n) is 10.0. The van der Waals surface area contributed by atoms with E-state index in [-0.39, 0.29) is 29.9 Å². The molecular formula is C36H43N7O7S. The van der Waals surface area contributed by atoms with Gasteiger partial charge in [-0.15, -0.1) is 0 Å². The van der Waals surface area contributed by atoms with Crippen molar-refractivity contribution < 1.29 is 33.4 Å². The molecule has 3 atom stereocenters. The molecule has 2 saturated heterocycles. The third-order valence-corrected chi connectivity index (χ3v) is 10.9. The summed E-state index contributed by atoms with van der Waals surface area (Å²) >= 11 is 1.54. The van der Waals surface area contributed by atoms with Gasteiger partial charge in [-0.3, -0.25) is 39.2 Å². The Balaban J connectivity index is 0.784. The number of carbonyl (C=O) groups excluding carboxylic acids is 5. The molecule has 2 aromatic carbocycles. The maximum Gasteiger partial charge on any atom is 0.264 e. The second-order valence-electron chi connectivity index (χ2n) is 13.3. The summed E-state index contributed by atoms with van der Waals surface area (Å²) in [5.41, 5.74) is 2.01. The van der Waals surface area contributed by atoms with Gasteiger partial charge in [-0.1, -0.05) is 30.7 Å². The van der Waals surface area contributed by atoms with Crippen molar-refractivity contribution in [2.75, 3.05) is 68.5 Å². The molecule has 0 bridgehead atoms. The van der Waals surface area contributed by atoms with E-state index >= 15 is 0 Å². The second-order valence-corrected chi connectivity index (χ2v) is 14.2. The lowest BCUT2D eigenvalue weighted by Crippen LogP contribution is -2.54. The van der Waals surface area contributed by atoms with Crippen molar-refractivity contribution in [3.8, 4) is 5.75 Å². The monoisotopic (exact) mass is 717 g/mol. The van der Waals surface area contributed by atoms with Crippen LogP contribution in [-0.4, -0.2) is 121 Å². The van der Waals surface area contributed by atoms with Crippen LogP contribution in [0.5, 0.6) is 5.75 Å². The molecule has 0 radical (unpaired) electrons. The van der Waals surface area contributed by atoms with Gasteiger partial charge in [-0.25, -0.2) is 0 Å². The summed E-state index contributed by atoms with van der Waals surface area (Å²) in [7, 11) is 0. The number of amides is 5. The zero-order valence-electron chi connectivity index (χ0n) is 28.4. The topological polar surface area (TPSA) is 162 Å². The largest absolute Gasteiger partial charge is 0.491 e. The molecule has 5 aliphatic rings. The van der Waals surface area contributed by atoms with Crippen LogP contribution in [0.3, 0.4) is 0 Å². The minimum absolute atomic E-state index is 0.0685. The summed E-state index contributed by atoms with van der Waals surface area (Å²) in [6.45, 7) is 4.37. The highest BCUT2D eigenvalue weighted by Crippen LogP contribution is 2.32. The van der Waals surface area contributed by atoms with Crippen molar-refractivity contribution in [3.05, 3.63) is 53.6 Å². The van der Waals surface area contributed by atoms with Crippen LogP contribution in [0.2, 0.25) is 0 Å². The van der Waals surface area contributed by atoms with E-state index in [1.807, 2.05) is 29.2 Å². The Hall–Kier alpha value is -4.63. The van der Waals surface area contributed by atoms with Crippen LogP contribution in [0.15, 0.2) is 47.5 Å². The first-order valence-corrected chi connectivity index (χ1v) is 18.7. The Morgan fingerprint density at radius 2 is 1.73 bits per heavy atom. The average Bonchev–Trinajstić information content (AvgIpc) is 3.68. The number of benzene rings is 2. The minimum Gasteiger partial charge on any atom is -0.491 e. The van der Waals surface area contributed by atoms with Crippen molar-refractivity contribution in [2.45, 2.75) is 56.7 Å². The first-order chi connectivity index (χ1) is 24.9. The van der Waals surface area contributed by atoms with Crippen molar-refractivity contribution in [1.29, 1.82) is 0 Å². The molecule has 1 saturated carbocycles. The van der Waals surface area contributed by atoms with Crippen molar-refractivity contribution >= 4 is 57.8 Å². The van der Waals surface area contributed by atoms with E-state index in [0.717, 1.165) is 41.0 Å². The Bertz CT molecular complexity index is 1690. The van der Waals surface area contributed by atoms with Crippen molar-refractivity contribution in [3.63, 3.8) is 0 Å². The van der Waals surface area contributed by atoms with Gasteiger partial charge in [-0.05, 0) is 55.7 Å². The van der Waals surface area contributed by atoms with Crippen LogP contribution < -0.4 is 25.6 Å². The number of amidine groups is 1. The number of nitrogens with zero attached hydrogens (tertiary/aromatic N) is 4. The fourth-order valence-electron chi connectivity index (χ4n) is 7.29. The maximum atomic E-state index is 13.2. The summed E-state index contributed by atoms with van der Waals surface area (Å²) < 4.78 is 11.6. The van der Waals surface area contributed by atoms with Gasteiger partial charge in [-0.2, -0.15) is 0 Å². The Kier molecular flexibility index (Phi) is 10.7. The van der Waals surface area contributed by atoms with Crippen LogP contribution >= 0.6 is 11.8 Å². The molecule has 1 aliphatic carbocycles. The number of imide groups is 2. The standard InChI is InChI=1S/C36H43N7O7S/c44-30-13-12-29(33(46)40-30)43-34(47)25-4-3-7-28(32(25)35(43)48)37-14-19-49-20-21-50-24-10-8-23(9-11-24)41-15-17-42(18-16-41)31(45)22-51-36-38-26-5-1-2-6-27(26)39-36/h3-4,7-11,26-27,29,37H,1-2,5-6,12-22H2,(H,38,39)(H,40,44,46)/t26-,27-,29?/m1/s1. The van der Waals surface area contributed by atoms with E-state index in [1.165, 1.54) is 31.0 Å². The number of hydrogen-bond acceptors (Lipinski definition) is 12. The number of carbonyl (C=O) groups is 5. The number of piperazine rings is 1. The van der Waals surface area contributed by atoms with Crippen LogP contribution in [0, 0.1) is 0 Å². The normalized spacial score (nSPS) is 23.0. The zero-order chi connectivity index (χ0) is 35.3. The summed E-state index contributed by atoms with van der Waals surface area (Å²) in [6, 6.07) is 12.7. The molecule has 3 N–H and O–H groups in total. The molecule has 5 amide bonds. The molecule has 0 aromatic heterocycles. The van der Waals surface area contributed by atoms with E-state index in [1.54, 1.807) is 18.2 Å². The van der Waals surface area contributed by atoms with Crippen molar-refractivity contribution in [1.82, 2.24) is 20.4 Å². The minimum atomic E-state index is -1.01. The van der Waals surface area contributed by atoms with Gasteiger partial charge < -0.3 is 29.9 Å².